The van der Waals surface area contributed by atoms with Gasteiger partial charge in [0.1, 0.15) is 0 Å². The molecule has 0 saturated carbocycles. The number of likely N-dealkylation sites (tertiary alicyclic amines) is 1. The lowest BCUT2D eigenvalue weighted by Gasteiger charge is -2.46. The van der Waals surface area contributed by atoms with Crippen LogP contribution in [0.5, 0.6) is 0 Å². The van der Waals surface area contributed by atoms with Crippen molar-refractivity contribution < 1.29 is 49.0 Å². The largest absolute Gasteiger partial charge is 0.434 e. The number of hydrogen-bond donors (Lipinski definition) is 0. The molecule has 2 aliphatic heterocycles. The fourth-order valence-electron chi connectivity index (χ4n) is 3.65. The van der Waals surface area contributed by atoms with Gasteiger partial charge in [0, 0.05) is 26.2 Å². The zero-order valence-electron chi connectivity index (χ0n) is 16.5. The van der Waals surface area contributed by atoms with E-state index in [-0.39, 0.29) is 50.5 Å². The molecule has 2 fully saturated rings. The van der Waals surface area contributed by atoms with E-state index in [4.69, 9.17) is 4.74 Å². The molecular formula is C18H20F6N2O5S. The summed E-state index contributed by atoms with van der Waals surface area (Å²) < 4.78 is 112. The van der Waals surface area contributed by atoms with E-state index < -0.39 is 40.2 Å². The average Bonchev–Trinajstić information content (AvgIpc) is 2.71. The summed E-state index contributed by atoms with van der Waals surface area (Å²) in [5, 5.41) is 0. The minimum Gasteiger partial charge on any atom is -0.426 e. The molecule has 14 heteroatoms. The number of alkyl halides is 6. The van der Waals surface area contributed by atoms with Crippen molar-refractivity contribution >= 4 is 16.1 Å². The fraction of sp³-hybridized carbons (Fsp3) is 0.611. The Labute approximate surface area is 179 Å². The summed E-state index contributed by atoms with van der Waals surface area (Å²) in [4.78, 5) is 12.8. The van der Waals surface area contributed by atoms with Crippen molar-refractivity contribution in [3.63, 3.8) is 0 Å². The first kappa shape index (κ1) is 24.6. The summed E-state index contributed by atoms with van der Waals surface area (Å²) in [5.41, 5.74) is -1.01. The van der Waals surface area contributed by atoms with Gasteiger partial charge in [-0.15, -0.1) is 0 Å². The summed E-state index contributed by atoms with van der Waals surface area (Å²) in [6.45, 7) is -0.411. The third-order valence-electron chi connectivity index (χ3n) is 5.34. The lowest BCUT2D eigenvalue weighted by molar-refractivity contribution is -0.308. The van der Waals surface area contributed by atoms with Crippen LogP contribution in [0.15, 0.2) is 35.2 Å². The van der Waals surface area contributed by atoms with E-state index in [2.05, 4.69) is 4.74 Å². The second-order valence-electron chi connectivity index (χ2n) is 7.52. The molecule has 2 saturated heterocycles. The van der Waals surface area contributed by atoms with E-state index in [0.717, 1.165) is 4.90 Å². The molecule has 0 unspecified atom stereocenters. The first-order valence-corrected chi connectivity index (χ1v) is 11.0. The summed E-state index contributed by atoms with van der Waals surface area (Å²) >= 11 is 0. The number of amides is 1. The molecule has 1 aromatic carbocycles. The second kappa shape index (κ2) is 8.71. The van der Waals surface area contributed by atoms with Gasteiger partial charge in [-0.1, -0.05) is 18.2 Å². The number of halogens is 6. The highest BCUT2D eigenvalue weighted by Gasteiger charge is 2.60. The van der Waals surface area contributed by atoms with Crippen molar-refractivity contribution in [2.45, 2.75) is 41.8 Å². The van der Waals surface area contributed by atoms with Crippen LogP contribution in [0.1, 0.15) is 12.8 Å². The maximum absolute atomic E-state index is 12.9. The highest BCUT2D eigenvalue weighted by Crippen LogP contribution is 2.37. The standard InChI is InChI=1S/C18H20F6N2O5S/c19-17(20,21)14(18(22,23)24)31-15(27)25-8-6-16(7-9-25)12-26(10-11-30-16)32(28,29)13-4-2-1-3-5-13/h1-5,14H,6-12H2. The van der Waals surface area contributed by atoms with Crippen LogP contribution in [-0.4, -0.2) is 80.6 Å². The van der Waals surface area contributed by atoms with Gasteiger partial charge in [-0.3, -0.25) is 0 Å². The molecule has 0 atom stereocenters. The quantitative estimate of drug-likeness (QED) is 0.609. The molecular weight excluding hydrogens is 470 g/mol. The molecule has 1 spiro atoms. The number of morpholine rings is 1. The maximum atomic E-state index is 12.9. The SMILES string of the molecule is O=C(OC(C(F)(F)F)C(F)(F)F)N1CCC2(CC1)CN(S(=O)(=O)c1ccccc1)CCO2. The smallest absolute Gasteiger partial charge is 0.426 e. The van der Waals surface area contributed by atoms with Crippen molar-refractivity contribution in [1.29, 1.82) is 0 Å². The molecule has 1 amide bonds. The Balaban J connectivity index is 1.65. The number of sulfonamides is 1. The summed E-state index contributed by atoms with van der Waals surface area (Å²) in [5.74, 6) is 0. The number of nitrogens with zero attached hydrogens (tertiary/aromatic N) is 2. The van der Waals surface area contributed by atoms with Crippen molar-refractivity contribution in [3.8, 4) is 0 Å². The molecule has 2 heterocycles. The Hall–Kier alpha value is -2.06. The van der Waals surface area contributed by atoms with Gasteiger partial charge in [0.2, 0.25) is 10.0 Å². The molecule has 32 heavy (non-hydrogen) atoms. The van der Waals surface area contributed by atoms with Crippen LogP contribution in [0.2, 0.25) is 0 Å². The third-order valence-corrected chi connectivity index (χ3v) is 7.20. The van der Waals surface area contributed by atoms with Crippen molar-refractivity contribution in [2.24, 2.45) is 0 Å². The number of rotatable bonds is 3. The lowest BCUT2D eigenvalue weighted by Crippen LogP contribution is -2.59. The number of carbonyl (C=O) groups is 1. The van der Waals surface area contributed by atoms with Crippen LogP contribution in [-0.2, 0) is 19.5 Å². The van der Waals surface area contributed by atoms with E-state index in [0.29, 0.717) is 0 Å². The summed E-state index contributed by atoms with van der Waals surface area (Å²) in [7, 11) is -3.82. The molecule has 2 aliphatic rings. The minimum absolute atomic E-state index is 0.0195. The zero-order valence-corrected chi connectivity index (χ0v) is 17.3. The molecule has 7 nitrogen and oxygen atoms in total. The normalized spacial score (nSPS) is 20.5. The first-order valence-electron chi connectivity index (χ1n) is 9.53. The predicted molar refractivity (Wildman–Crippen MR) is 97.1 cm³/mol. The Bertz CT molecular complexity index is 900. The van der Waals surface area contributed by atoms with E-state index in [1.165, 1.54) is 16.4 Å². The van der Waals surface area contributed by atoms with E-state index in [9.17, 15) is 39.6 Å². The topological polar surface area (TPSA) is 76.2 Å². The molecule has 0 bridgehead atoms. The predicted octanol–water partition coefficient (Wildman–Crippen LogP) is 3.17. The highest BCUT2D eigenvalue weighted by atomic mass is 32.2. The number of piperidine rings is 1. The molecule has 0 N–H and O–H groups in total. The van der Waals surface area contributed by atoms with Gasteiger partial charge < -0.3 is 14.4 Å². The fourth-order valence-corrected chi connectivity index (χ4v) is 5.17. The highest BCUT2D eigenvalue weighted by molar-refractivity contribution is 7.89. The number of ether oxygens (including phenoxy) is 2. The monoisotopic (exact) mass is 490 g/mol. The van der Waals surface area contributed by atoms with Crippen molar-refractivity contribution in [2.75, 3.05) is 32.8 Å². The van der Waals surface area contributed by atoms with Gasteiger partial charge in [-0.05, 0) is 25.0 Å². The average molecular weight is 490 g/mol. The number of carbonyl (C=O) groups excluding carboxylic acids is 1. The molecule has 0 aliphatic carbocycles. The van der Waals surface area contributed by atoms with Gasteiger partial charge in [0.05, 0.1) is 17.1 Å². The van der Waals surface area contributed by atoms with E-state index >= 15 is 0 Å². The van der Waals surface area contributed by atoms with E-state index in [1.807, 2.05) is 0 Å². The molecule has 180 valence electrons. The van der Waals surface area contributed by atoms with Crippen molar-refractivity contribution in [1.82, 2.24) is 9.21 Å². The Kier molecular flexibility index (Phi) is 6.69. The first-order chi connectivity index (χ1) is 14.7. The van der Waals surface area contributed by atoms with Crippen LogP contribution in [0, 0.1) is 0 Å². The molecule has 3 rings (SSSR count). The van der Waals surface area contributed by atoms with E-state index in [1.54, 1.807) is 18.2 Å². The van der Waals surface area contributed by atoms with Gasteiger partial charge in [0.25, 0.3) is 6.10 Å². The number of hydrogen-bond acceptors (Lipinski definition) is 5. The van der Waals surface area contributed by atoms with Gasteiger partial charge in [0.15, 0.2) is 0 Å². The van der Waals surface area contributed by atoms with Gasteiger partial charge in [-0.25, -0.2) is 13.2 Å². The minimum atomic E-state index is -5.80. The van der Waals surface area contributed by atoms with Crippen molar-refractivity contribution in [3.05, 3.63) is 30.3 Å². The molecule has 1 aromatic rings. The number of benzene rings is 1. The Morgan fingerprint density at radius 2 is 1.56 bits per heavy atom. The van der Waals surface area contributed by atoms with Crippen LogP contribution < -0.4 is 0 Å². The second-order valence-corrected chi connectivity index (χ2v) is 9.46. The van der Waals surface area contributed by atoms with Gasteiger partial charge in [-0.2, -0.15) is 30.6 Å². The Morgan fingerprint density at radius 1 is 1.00 bits per heavy atom. The maximum Gasteiger partial charge on any atom is 0.434 e. The van der Waals surface area contributed by atoms with Crippen LogP contribution >= 0.6 is 0 Å². The molecule has 0 radical (unpaired) electrons. The lowest BCUT2D eigenvalue weighted by atomic mass is 9.90. The summed E-state index contributed by atoms with van der Waals surface area (Å²) in [6, 6.07) is 7.68. The zero-order chi connectivity index (χ0) is 23.8. The summed E-state index contributed by atoms with van der Waals surface area (Å²) in [6.07, 6.45) is -17.5. The van der Waals surface area contributed by atoms with Crippen LogP contribution in [0.25, 0.3) is 0 Å². The van der Waals surface area contributed by atoms with Gasteiger partial charge >= 0.3 is 18.4 Å². The third kappa shape index (κ3) is 5.29. The molecule has 0 aromatic heterocycles. The van der Waals surface area contributed by atoms with Crippen LogP contribution in [0.4, 0.5) is 31.1 Å². The Morgan fingerprint density at radius 3 is 2.09 bits per heavy atom. The van der Waals surface area contributed by atoms with Crippen LogP contribution in [0.3, 0.4) is 0 Å².